The Morgan fingerprint density at radius 1 is 0.826 bits per heavy atom. The maximum Gasteiger partial charge on any atom is 0.181 e. The summed E-state index contributed by atoms with van der Waals surface area (Å²) in [5.41, 5.74) is 1.86. The van der Waals surface area contributed by atoms with Gasteiger partial charge in [0, 0.05) is 21.7 Å². The number of aliphatic hydroxyl groups is 2. The summed E-state index contributed by atoms with van der Waals surface area (Å²) >= 11 is 8.77. The zero-order valence-corrected chi connectivity index (χ0v) is 28.0. The average Bonchev–Trinajstić information content (AvgIpc) is 3.00. The maximum atomic E-state index is 12.6. The summed E-state index contributed by atoms with van der Waals surface area (Å²) in [7, 11) is -6.03. The van der Waals surface area contributed by atoms with Gasteiger partial charge >= 0.3 is 0 Å². The van der Waals surface area contributed by atoms with Gasteiger partial charge in [-0.15, -0.1) is 28.0 Å². The highest BCUT2D eigenvalue weighted by molar-refractivity contribution is 7.91. The molecular formula is C29H31N5O8S4. The van der Waals surface area contributed by atoms with E-state index in [1.807, 2.05) is 0 Å². The molecule has 0 heterocycles. The minimum Gasteiger partial charge on any atom is -0.505 e. The summed E-state index contributed by atoms with van der Waals surface area (Å²) in [4.78, 5) is 0.283. The SMILES string of the molecule is COc1cc(S(=O)(=O)CCO)c(C)cc1N=Nc1c(S)cc2c(N=Nc3ccc(S(=O)(=O)CCO)cc3)c(NCS)ccc2c1O. The van der Waals surface area contributed by atoms with Crippen LogP contribution >= 0.6 is 25.3 Å². The number of ether oxygens (including phenoxy) is 1. The lowest BCUT2D eigenvalue weighted by Crippen LogP contribution is -2.11. The van der Waals surface area contributed by atoms with E-state index in [0.717, 1.165) is 0 Å². The first-order valence-electron chi connectivity index (χ1n) is 13.5. The first-order chi connectivity index (χ1) is 21.9. The van der Waals surface area contributed by atoms with Crippen LogP contribution in [0.2, 0.25) is 0 Å². The molecule has 0 atom stereocenters. The standard InChI is InChI=1S/C29H31N5O8S4/c1-17-13-23(24(42-2)15-26(17)46(40,41)12-10-36)32-34-28-25(44)14-21-20(29(28)37)7-8-22(30-16-43)27(21)33-31-18-3-5-19(6-4-18)45(38,39)11-9-35/h3-8,13-15,30,35-37,43-44H,9-12,16H2,1-2H3. The minimum atomic E-state index is -3.75. The van der Waals surface area contributed by atoms with Crippen LogP contribution in [0.4, 0.5) is 28.4 Å². The van der Waals surface area contributed by atoms with Gasteiger partial charge < -0.3 is 25.4 Å². The number of azo groups is 2. The van der Waals surface area contributed by atoms with Crippen LogP contribution in [0.1, 0.15) is 5.56 Å². The van der Waals surface area contributed by atoms with E-state index in [1.54, 1.807) is 25.1 Å². The summed E-state index contributed by atoms with van der Waals surface area (Å²) in [5, 5.41) is 50.4. The third-order valence-electron chi connectivity index (χ3n) is 6.74. The summed E-state index contributed by atoms with van der Waals surface area (Å²) in [6.45, 7) is 0.563. The molecule has 0 radical (unpaired) electrons. The number of benzene rings is 4. The monoisotopic (exact) mass is 705 g/mol. The molecule has 0 spiro atoms. The van der Waals surface area contributed by atoms with Crippen molar-refractivity contribution in [2.75, 3.05) is 43.0 Å². The predicted octanol–water partition coefficient (Wildman–Crippen LogP) is 5.81. The smallest absolute Gasteiger partial charge is 0.181 e. The number of hydrogen-bond acceptors (Lipinski definition) is 15. The Bertz CT molecular complexity index is 2040. The van der Waals surface area contributed by atoms with Gasteiger partial charge in [0.2, 0.25) is 0 Å². The Hall–Kier alpha value is -3.74. The normalized spacial score (nSPS) is 12.4. The van der Waals surface area contributed by atoms with Crippen molar-refractivity contribution in [2.45, 2.75) is 21.6 Å². The molecule has 4 N–H and O–H groups in total. The molecule has 244 valence electrons. The van der Waals surface area contributed by atoms with Gasteiger partial charge in [-0.3, -0.25) is 0 Å². The van der Waals surface area contributed by atoms with Crippen LogP contribution in [0.5, 0.6) is 11.5 Å². The molecule has 13 nitrogen and oxygen atoms in total. The van der Waals surface area contributed by atoms with Gasteiger partial charge in [-0.1, -0.05) is 0 Å². The highest BCUT2D eigenvalue weighted by atomic mass is 32.2. The highest BCUT2D eigenvalue weighted by Gasteiger charge is 2.21. The highest BCUT2D eigenvalue weighted by Crippen LogP contribution is 2.46. The number of phenols is 1. The molecule has 46 heavy (non-hydrogen) atoms. The Balaban J connectivity index is 1.76. The average molecular weight is 706 g/mol. The van der Waals surface area contributed by atoms with Gasteiger partial charge in [0.25, 0.3) is 0 Å². The molecule has 0 saturated carbocycles. The molecule has 17 heteroatoms. The van der Waals surface area contributed by atoms with Crippen molar-refractivity contribution in [3.63, 3.8) is 0 Å². The number of fused-ring (bicyclic) bond motifs is 1. The Labute approximate surface area is 276 Å². The number of hydrogen-bond donors (Lipinski definition) is 6. The number of sulfone groups is 2. The van der Waals surface area contributed by atoms with Crippen LogP contribution in [-0.4, -0.2) is 69.9 Å². The molecular weight excluding hydrogens is 675 g/mol. The van der Waals surface area contributed by atoms with E-state index in [0.29, 0.717) is 33.4 Å². The number of methoxy groups -OCH3 is 1. The van der Waals surface area contributed by atoms with E-state index >= 15 is 0 Å². The van der Waals surface area contributed by atoms with Crippen molar-refractivity contribution in [1.82, 2.24) is 0 Å². The van der Waals surface area contributed by atoms with E-state index in [-0.39, 0.29) is 43.4 Å². The van der Waals surface area contributed by atoms with E-state index in [1.165, 1.54) is 43.5 Å². The van der Waals surface area contributed by atoms with Gasteiger partial charge in [0.1, 0.15) is 22.8 Å². The summed E-state index contributed by atoms with van der Waals surface area (Å²) < 4.78 is 54.9. The van der Waals surface area contributed by atoms with Crippen LogP contribution in [0.3, 0.4) is 0 Å². The fourth-order valence-corrected chi connectivity index (χ4v) is 7.25. The number of nitrogens with zero attached hydrogens (tertiary/aromatic N) is 4. The van der Waals surface area contributed by atoms with Gasteiger partial charge in [-0.25, -0.2) is 16.8 Å². The number of nitrogens with one attached hydrogen (secondary N) is 1. The Morgan fingerprint density at radius 3 is 2.11 bits per heavy atom. The number of aliphatic hydroxyl groups excluding tert-OH is 2. The largest absolute Gasteiger partial charge is 0.505 e. The molecule has 0 aliphatic heterocycles. The van der Waals surface area contributed by atoms with Crippen LogP contribution in [0.15, 0.2) is 89.7 Å². The van der Waals surface area contributed by atoms with E-state index < -0.39 is 44.4 Å². The van der Waals surface area contributed by atoms with E-state index in [4.69, 9.17) is 14.9 Å². The molecule has 0 bridgehead atoms. The van der Waals surface area contributed by atoms with Crippen molar-refractivity contribution in [3.05, 3.63) is 60.2 Å². The Kier molecular flexibility index (Phi) is 11.3. The number of aromatic hydroxyl groups is 1. The topological polar surface area (TPSA) is 200 Å². The summed E-state index contributed by atoms with van der Waals surface area (Å²) in [6, 6.07) is 13.5. The lowest BCUT2D eigenvalue weighted by atomic mass is 10.1. The number of aryl methyl sites for hydroxylation is 1. The molecule has 0 fully saturated rings. The van der Waals surface area contributed by atoms with Crippen LogP contribution in [0, 0.1) is 6.92 Å². The lowest BCUT2D eigenvalue weighted by molar-refractivity contribution is 0.319. The molecule has 0 amide bonds. The van der Waals surface area contributed by atoms with Gasteiger partial charge in [0.15, 0.2) is 25.4 Å². The fourth-order valence-electron chi connectivity index (χ4n) is 4.48. The molecule has 0 aliphatic rings. The maximum absolute atomic E-state index is 12.6. The van der Waals surface area contributed by atoms with Crippen LogP contribution in [0.25, 0.3) is 10.8 Å². The molecule has 0 aromatic heterocycles. The first kappa shape index (κ1) is 35.1. The predicted molar refractivity (Wildman–Crippen MR) is 181 cm³/mol. The minimum absolute atomic E-state index is 0.00391. The second-order valence-electron chi connectivity index (χ2n) is 9.75. The number of anilines is 1. The van der Waals surface area contributed by atoms with Crippen molar-refractivity contribution in [2.24, 2.45) is 20.5 Å². The third-order valence-corrected chi connectivity index (χ3v) is 10.8. The van der Waals surface area contributed by atoms with Gasteiger partial charge in [0.05, 0.1) is 58.9 Å². The molecule has 4 aromatic carbocycles. The van der Waals surface area contributed by atoms with Crippen molar-refractivity contribution in [3.8, 4) is 11.5 Å². The van der Waals surface area contributed by atoms with Gasteiger partial charge in [-0.2, -0.15) is 17.7 Å². The molecule has 0 saturated heterocycles. The van der Waals surface area contributed by atoms with Crippen LogP contribution < -0.4 is 10.1 Å². The number of thiol groups is 2. The third kappa shape index (κ3) is 7.62. The fraction of sp³-hybridized carbons (Fsp3) is 0.241. The van der Waals surface area contributed by atoms with Crippen LogP contribution in [-0.2, 0) is 19.7 Å². The van der Waals surface area contributed by atoms with E-state index in [2.05, 4.69) is 51.0 Å². The van der Waals surface area contributed by atoms with Crippen molar-refractivity contribution in [1.29, 1.82) is 0 Å². The summed E-state index contributed by atoms with van der Waals surface area (Å²) in [5.74, 6) is -0.707. The molecule has 4 rings (SSSR count). The molecule has 0 aliphatic carbocycles. The summed E-state index contributed by atoms with van der Waals surface area (Å²) in [6.07, 6.45) is 0. The Morgan fingerprint density at radius 2 is 1.48 bits per heavy atom. The number of phenolic OH excluding ortho intramolecular Hbond substituents is 1. The molecule has 4 aromatic rings. The molecule has 0 unspecified atom stereocenters. The zero-order valence-electron chi connectivity index (χ0n) is 24.6. The number of rotatable bonds is 13. The van der Waals surface area contributed by atoms with Crippen molar-refractivity contribution >= 4 is 84.1 Å². The zero-order chi connectivity index (χ0) is 33.6. The van der Waals surface area contributed by atoms with Gasteiger partial charge in [-0.05, 0) is 61.0 Å². The quantitative estimate of drug-likeness (QED) is 0.0564. The second kappa shape index (κ2) is 14.8. The lowest BCUT2D eigenvalue weighted by Gasteiger charge is -2.13. The second-order valence-corrected chi connectivity index (χ2v) is 14.7. The first-order valence-corrected chi connectivity index (χ1v) is 17.9. The van der Waals surface area contributed by atoms with E-state index in [9.17, 15) is 21.9 Å². The van der Waals surface area contributed by atoms with Crippen molar-refractivity contribution < 1.29 is 36.9 Å².